The number of benzene rings is 1. The van der Waals surface area contributed by atoms with Crippen LogP contribution in [0.4, 0.5) is 0 Å². The second-order valence-electron chi connectivity index (χ2n) is 7.22. The number of ether oxygens (including phenoxy) is 1. The first kappa shape index (κ1) is 18.6. The normalized spacial score (nSPS) is 18.0. The van der Waals surface area contributed by atoms with Crippen molar-refractivity contribution in [2.75, 3.05) is 26.8 Å². The van der Waals surface area contributed by atoms with E-state index in [1.807, 2.05) is 18.3 Å². The lowest BCUT2D eigenvalue weighted by molar-refractivity contribution is 0.163. The van der Waals surface area contributed by atoms with Gasteiger partial charge in [0, 0.05) is 45.1 Å². The van der Waals surface area contributed by atoms with Crippen molar-refractivity contribution in [3.63, 3.8) is 0 Å². The maximum atomic E-state index is 8.93. The van der Waals surface area contributed by atoms with Crippen LogP contribution in [0.25, 0.3) is 0 Å². The van der Waals surface area contributed by atoms with E-state index in [0.717, 1.165) is 44.8 Å². The Bertz CT molecular complexity index is 744. The number of piperidine rings is 1. The molecule has 1 aromatic heterocycles. The van der Waals surface area contributed by atoms with E-state index in [1.165, 1.54) is 29.9 Å². The predicted octanol–water partition coefficient (Wildman–Crippen LogP) is 3.16. The number of nitrogens with zero attached hydrogens (tertiary/aromatic N) is 4. The molecule has 1 atom stereocenters. The number of aryl methyl sites for hydroxylation is 1. The molecule has 1 unspecified atom stereocenters. The van der Waals surface area contributed by atoms with E-state index in [0.29, 0.717) is 5.92 Å². The smallest absolute Gasteiger partial charge is 0.109 e. The van der Waals surface area contributed by atoms with Gasteiger partial charge in [0.25, 0.3) is 0 Å². The Labute approximate surface area is 156 Å². The highest BCUT2D eigenvalue weighted by Crippen LogP contribution is 2.22. The molecule has 1 aliphatic rings. The molecule has 2 aromatic rings. The van der Waals surface area contributed by atoms with Crippen molar-refractivity contribution < 1.29 is 4.74 Å². The van der Waals surface area contributed by atoms with E-state index in [4.69, 9.17) is 10.00 Å². The lowest BCUT2D eigenvalue weighted by atomic mass is 9.94. The van der Waals surface area contributed by atoms with Crippen molar-refractivity contribution in [3.8, 4) is 6.07 Å². The molecule has 138 valence electrons. The molecule has 3 rings (SSSR count). The van der Waals surface area contributed by atoms with Crippen LogP contribution in [0.2, 0.25) is 0 Å². The van der Waals surface area contributed by atoms with Crippen LogP contribution in [0.15, 0.2) is 30.5 Å². The van der Waals surface area contributed by atoms with Gasteiger partial charge in [-0.25, -0.2) is 4.98 Å². The molecule has 1 aliphatic heterocycles. The third-order valence-corrected chi connectivity index (χ3v) is 5.22. The summed E-state index contributed by atoms with van der Waals surface area (Å²) in [6.07, 6.45) is 5.50. The number of likely N-dealkylation sites (tertiary alicyclic amines) is 1. The molecule has 0 spiro atoms. The molecule has 5 heteroatoms. The highest BCUT2D eigenvalue weighted by Gasteiger charge is 2.22. The molecule has 0 radical (unpaired) electrons. The summed E-state index contributed by atoms with van der Waals surface area (Å²) in [7, 11) is 1.74. The minimum absolute atomic E-state index is 0.644. The summed E-state index contributed by atoms with van der Waals surface area (Å²) in [6, 6.07) is 10.1. The zero-order valence-electron chi connectivity index (χ0n) is 15.8. The maximum absolute atomic E-state index is 8.93. The molecule has 0 N–H and O–H groups in total. The lowest BCUT2D eigenvalue weighted by Gasteiger charge is -2.32. The summed E-state index contributed by atoms with van der Waals surface area (Å²) >= 11 is 0. The molecular weight excluding hydrogens is 324 g/mol. The first-order chi connectivity index (χ1) is 12.7. The summed E-state index contributed by atoms with van der Waals surface area (Å²) in [5.41, 5.74) is 3.22. The summed E-state index contributed by atoms with van der Waals surface area (Å²) in [4.78, 5) is 7.18. The average Bonchev–Trinajstić information content (AvgIpc) is 3.00. The fourth-order valence-electron chi connectivity index (χ4n) is 3.82. The molecule has 0 aliphatic carbocycles. The molecule has 2 heterocycles. The van der Waals surface area contributed by atoms with Crippen LogP contribution in [0.3, 0.4) is 0 Å². The van der Waals surface area contributed by atoms with E-state index in [-0.39, 0.29) is 0 Å². The van der Waals surface area contributed by atoms with Crippen LogP contribution < -0.4 is 0 Å². The van der Waals surface area contributed by atoms with Gasteiger partial charge in [-0.1, -0.05) is 12.1 Å². The van der Waals surface area contributed by atoms with E-state index >= 15 is 0 Å². The summed E-state index contributed by atoms with van der Waals surface area (Å²) < 4.78 is 7.53. The second-order valence-corrected chi connectivity index (χ2v) is 7.22. The van der Waals surface area contributed by atoms with E-state index in [2.05, 4.69) is 39.6 Å². The van der Waals surface area contributed by atoms with Gasteiger partial charge in [-0.15, -0.1) is 0 Å². The monoisotopic (exact) mass is 352 g/mol. The maximum Gasteiger partial charge on any atom is 0.109 e. The molecule has 0 saturated carbocycles. The quantitative estimate of drug-likeness (QED) is 0.768. The van der Waals surface area contributed by atoms with Crippen molar-refractivity contribution in [1.82, 2.24) is 14.5 Å². The Morgan fingerprint density at radius 1 is 1.31 bits per heavy atom. The summed E-state index contributed by atoms with van der Waals surface area (Å²) in [5, 5.41) is 8.93. The minimum atomic E-state index is 0.644. The zero-order valence-corrected chi connectivity index (χ0v) is 15.8. The zero-order chi connectivity index (χ0) is 18.4. The first-order valence-corrected chi connectivity index (χ1v) is 9.41. The molecule has 0 amide bonds. The molecule has 5 nitrogen and oxygen atoms in total. The number of aromatic nitrogens is 2. The van der Waals surface area contributed by atoms with Crippen LogP contribution >= 0.6 is 0 Å². The van der Waals surface area contributed by atoms with Crippen LogP contribution in [-0.2, 0) is 24.2 Å². The molecule has 1 fully saturated rings. The molecule has 1 saturated heterocycles. The van der Waals surface area contributed by atoms with Crippen molar-refractivity contribution >= 4 is 0 Å². The fourth-order valence-corrected chi connectivity index (χ4v) is 3.82. The highest BCUT2D eigenvalue weighted by atomic mass is 16.5. The van der Waals surface area contributed by atoms with E-state index in [9.17, 15) is 0 Å². The van der Waals surface area contributed by atoms with Gasteiger partial charge < -0.3 is 9.30 Å². The largest absolute Gasteiger partial charge is 0.383 e. The Kier molecular flexibility index (Phi) is 6.43. The van der Waals surface area contributed by atoms with Gasteiger partial charge in [0.2, 0.25) is 0 Å². The minimum Gasteiger partial charge on any atom is -0.383 e. The number of rotatable bonds is 7. The Morgan fingerprint density at radius 3 is 2.85 bits per heavy atom. The van der Waals surface area contributed by atoms with E-state index in [1.54, 1.807) is 7.11 Å². The number of nitriles is 1. The molecule has 1 aromatic carbocycles. The van der Waals surface area contributed by atoms with Gasteiger partial charge in [-0.3, -0.25) is 4.90 Å². The van der Waals surface area contributed by atoms with Crippen molar-refractivity contribution in [2.24, 2.45) is 5.92 Å². The van der Waals surface area contributed by atoms with Crippen molar-refractivity contribution in [2.45, 2.75) is 39.3 Å². The average molecular weight is 352 g/mol. The number of hydrogen-bond acceptors (Lipinski definition) is 4. The number of hydrogen-bond donors (Lipinski definition) is 0. The van der Waals surface area contributed by atoms with Crippen molar-refractivity contribution in [1.29, 1.82) is 5.26 Å². The first-order valence-electron chi connectivity index (χ1n) is 9.41. The molecule has 0 bridgehead atoms. The SMILES string of the molecule is COCCn1c(C)cnc1CC1CCCN(Cc2ccc(C#N)cc2)C1. The fraction of sp³-hybridized carbons (Fsp3) is 0.524. The summed E-state index contributed by atoms with van der Waals surface area (Å²) in [5.74, 6) is 1.83. The highest BCUT2D eigenvalue weighted by molar-refractivity contribution is 5.31. The van der Waals surface area contributed by atoms with Crippen LogP contribution in [0.1, 0.15) is 35.5 Å². The number of imidazole rings is 1. The number of methoxy groups -OCH3 is 1. The Hall–Kier alpha value is -2.16. The van der Waals surface area contributed by atoms with Crippen LogP contribution in [-0.4, -0.2) is 41.3 Å². The third-order valence-electron chi connectivity index (χ3n) is 5.22. The Balaban J connectivity index is 1.59. The van der Waals surface area contributed by atoms with E-state index < -0.39 is 0 Å². The standard InChI is InChI=1S/C21H28N4O/c1-17-14-23-21(25(17)10-11-26-2)12-20-4-3-9-24(16-20)15-19-7-5-18(13-22)6-8-19/h5-8,14,20H,3-4,9-12,15-16H2,1-2H3. The van der Waals surface area contributed by atoms with Gasteiger partial charge >= 0.3 is 0 Å². The third kappa shape index (κ3) is 4.72. The second kappa shape index (κ2) is 8.98. The lowest BCUT2D eigenvalue weighted by Crippen LogP contribution is -2.36. The topological polar surface area (TPSA) is 54.1 Å². The van der Waals surface area contributed by atoms with Crippen LogP contribution in [0.5, 0.6) is 0 Å². The van der Waals surface area contributed by atoms with Gasteiger partial charge in [0.15, 0.2) is 0 Å². The predicted molar refractivity (Wildman–Crippen MR) is 102 cm³/mol. The van der Waals surface area contributed by atoms with Crippen molar-refractivity contribution in [3.05, 3.63) is 53.1 Å². The van der Waals surface area contributed by atoms with Gasteiger partial charge in [0.1, 0.15) is 5.82 Å². The summed E-state index contributed by atoms with van der Waals surface area (Å²) in [6.45, 7) is 6.92. The molecule has 26 heavy (non-hydrogen) atoms. The van der Waals surface area contributed by atoms with Gasteiger partial charge in [-0.05, 0) is 49.9 Å². The van der Waals surface area contributed by atoms with Gasteiger partial charge in [0.05, 0.1) is 18.2 Å². The molecular formula is C21H28N4O. The van der Waals surface area contributed by atoms with Gasteiger partial charge in [-0.2, -0.15) is 5.26 Å². The Morgan fingerprint density at radius 2 is 2.12 bits per heavy atom. The van der Waals surface area contributed by atoms with Crippen LogP contribution in [0, 0.1) is 24.2 Å².